The maximum absolute atomic E-state index is 12.5. The van der Waals surface area contributed by atoms with Crippen molar-refractivity contribution in [1.29, 1.82) is 0 Å². The first-order chi connectivity index (χ1) is 14.7. The average molecular weight is 454 g/mol. The molecule has 0 saturated carbocycles. The monoisotopic (exact) mass is 453 g/mol. The van der Waals surface area contributed by atoms with E-state index in [9.17, 15) is 18.0 Å². The lowest BCUT2D eigenvalue weighted by Gasteiger charge is -2.13. The molecule has 0 amide bonds. The summed E-state index contributed by atoms with van der Waals surface area (Å²) in [4.78, 5) is 22.7. The number of aromatic carboxylic acids is 1. The van der Waals surface area contributed by atoms with Gasteiger partial charge in [0.1, 0.15) is 17.5 Å². The Hall–Kier alpha value is -3.60. The fourth-order valence-electron chi connectivity index (χ4n) is 2.31. The number of ether oxygens (including phenoxy) is 1. The number of alkyl halides is 3. The van der Waals surface area contributed by atoms with Crippen LogP contribution in [-0.4, -0.2) is 38.8 Å². The minimum absolute atomic E-state index is 0.0206. The number of nitrogens with zero attached hydrogens (tertiary/aromatic N) is 3. The van der Waals surface area contributed by atoms with Gasteiger partial charge in [-0.05, 0) is 29.8 Å². The summed E-state index contributed by atoms with van der Waals surface area (Å²) in [5, 5.41) is 15.3. The molecule has 12 heteroatoms. The molecule has 0 radical (unpaired) electrons. The first-order valence-corrected chi connectivity index (χ1v) is 9.09. The van der Waals surface area contributed by atoms with Crippen molar-refractivity contribution in [3.05, 3.63) is 64.8 Å². The van der Waals surface area contributed by atoms with E-state index in [1.165, 1.54) is 18.2 Å². The zero-order valence-electron chi connectivity index (χ0n) is 15.7. The Balaban J connectivity index is 1.79. The summed E-state index contributed by atoms with van der Waals surface area (Å²) >= 11 is 5.85. The lowest BCUT2D eigenvalue weighted by Crippen LogP contribution is -2.20. The Bertz CT molecular complexity index is 1050. The highest BCUT2D eigenvalue weighted by Gasteiger charge is 2.29. The molecule has 0 saturated heterocycles. The van der Waals surface area contributed by atoms with Gasteiger partial charge < -0.3 is 20.5 Å². The molecule has 2 aromatic heterocycles. The third kappa shape index (κ3) is 7.00. The van der Waals surface area contributed by atoms with Gasteiger partial charge in [0.25, 0.3) is 0 Å². The molecule has 0 aliphatic rings. The van der Waals surface area contributed by atoms with Crippen molar-refractivity contribution in [2.75, 3.05) is 17.2 Å². The molecule has 0 fully saturated rings. The topological polar surface area (TPSA) is 109 Å². The minimum Gasteiger partial charge on any atom is -0.478 e. The maximum atomic E-state index is 12.5. The lowest BCUT2D eigenvalue weighted by atomic mass is 10.2. The van der Waals surface area contributed by atoms with Gasteiger partial charge in [0.05, 0.1) is 5.56 Å². The van der Waals surface area contributed by atoms with Crippen LogP contribution in [-0.2, 0) is 6.54 Å². The Labute approximate surface area is 179 Å². The van der Waals surface area contributed by atoms with Crippen molar-refractivity contribution in [2.45, 2.75) is 12.7 Å². The van der Waals surface area contributed by atoms with Crippen molar-refractivity contribution in [3.8, 4) is 6.01 Å². The van der Waals surface area contributed by atoms with Crippen LogP contribution in [0.2, 0.25) is 5.02 Å². The number of rotatable bonds is 8. The van der Waals surface area contributed by atoms with Gasteiger partial charge in [0.15, 0.2) is 6.61 Å². The van der Waals surface area contributed by atoms with Crippen LogP contribution >= 0.6 is 11.6 Å². The zero-order valence-corrected chi connectivity index (χ0v) is 16.4. The van der Waals surface area contributed by atoms with Crippen molar-refractivity contribution in [1.82, 2.24) is 15.0 Å². The number of carboxylic acids is 1. The van der Waals surface area contributed by atoms with Crippen LogP contribution in [0.4, 0.5) is 30.6 Å². The Morgan fingerprint density at radius 1 is 1.06 bits per heavy atom. The number of halogens is 4. The van der Waals surface area contributed by atoms with Gasteiger partial charge in [-0.3, -0.25) is 0 Å². The highest BCUT2D eigenvalue weighted by atomic mass is 35.5. The number of nitrogens with one attached hydrogen (secondary N) is 2. The SMILES string of the molecule is O=C(O)c1ccc(Nc2cc(NCc3ccc(Cl)cc3)nc(OCC(F)(F)F)n2)nc1. The summed E-state index contributed by atoms with van der Waals surface area (Å²) in [5.74, 6) is -0.611. The first-order valence-electron chi connectivity index (χ1n) is 8.71. The summed E-state index contributed by atoms with van der Waals surface area (Å²) in [7, 11) is 0. The van der Waals surface area contributed by atoms with E-state index in [1.54, 1.807) is 24.3 Å². The number of hydrogen-bond donors (Lipinski definition) is 3. The normalized spacial score (nSPS) is 11.1. The van der Waals surface area contributed by atoms with Gasteiger partial charge >= 0.3 is 18.2 Å². The van der Waals surface area contributed by atoms with Crippen molar-refractivity contribution in [3.63, 3.8) is 0 Å². The molecule has 3 aromatic rings. The third-order valence-electron chi connectivity index (χ3n) is 3.72. The molecule has 2 heterocycles. The number of carboxylic acid groups (broad SMARTS) is 1. The van der Waals surface area contributed by atoms with Crippen LogP contribution in [0.25, 0.3) is 0 Å². The second-order valence-corrected chi connectivity index (χ2v) is 6.60. The molecular weight excluding hydrogens is 439 g/mol. The molecular formula is C19H15ClF3N5O3. The van der Waals surface area contributed by atoms with Gasteiger partial charge in [-0.1, -0.05) is 23.7 Å². The molecule has 0 unspecified atom stereocenters. The molecule has 3 rings (SSSR count). The molecule has 31 heavy (non-hydrogen) atoms. The van der Waals surface area contributed by atoms with Gasteiger partial charge in [0.2, 0.25) is 0 Å². The van der Waals surface area contributed by atoms with Gasteiger partial charge in [-0.15, -0.1) is 0 Å². The smallest absolute Gasteiger partial charge is 0.422 e. The fraction of sp³-hybridized carbons (Fsp3) is 0.158. The molecule has 8 nitrogen and oxygen atoms in total. The molecule has 0 bridgehead atoms. The molecule has 162 valence electrons. The number of benzene rings is 1. The van der Waals surface area contributed by atoms with E-state index in [4.69, 9.17) is 16.7 Å². The van der Waals surface area contributed by atoms with E-state index in [0.29, 0.717) is 11.6 Å². The molecule has 0 spiro atoms. The highest BCUT2D eigenvalue weighted by molar-refractivity contribution is 6.30. The van der Waals surface area contributed by atoms with Gasteiger partial charge in [0, 0.05) is 23.8 Å². The number of hydrogen-bond acceptors (Lipinski definition) is 7. The third-order valence-corrected chi connectivity index (χ3v) is 3.98. The predicted octanol–water partition coefficient (Wildman–Crippen LogP) is 4.52. The zero-order chi connectivity index (χ0) is 22.4. The number of pyridine rings is 1. The Morgan fingerprint density at radius 2 is 1.77 bits per heavy atom. The second-order valence-electron chi connectivity index (χ2n) is 6.17. The Kier molecular flexibility index (Phi) is 6.75. The summed E-state index contributed by atoms with van der Waals surface area (Å²) in [6, 6.07) is 10.6. The highest BCUT2D eigenvalue weighted by Crippen LogP contribution is 2.22. The second kappa shape index (κ2) is 9.47. The van der Waals surface area contributed by atoms with Crippen LogP contribution in [0.1, 0.15) is 15.9 Å². The first kappa shape index (κ1) is 22.1. The summed E-state index contributed by atoms with van der Waals surface area (Å²) in [6.07, 6.45) is -3.43. The van der Waals surface area contributed by atoms with E-state index in [0.717, 1.165) is 11.8 Å². The fourth-order valence-corrected chi connectivity index (χ4v) is 2.44. The molecule has 1 aromatic carbocycles. The quantitative estimate of drug-likeness (QED) is 0.456. The van der Waals surface area contributed by atoms with Gasteiger partial charge in [-0.2, -0.15) is 23.1 Å². The van der Waals surface area contributed by atoms with Crippen LogP contribution in [0.3, 0.4) is 0 Å². The largest absolute Gasteiger partial charge is 0.478 e. The number of anilines is 3. The van der Waals surface area contributed by atoms with Gasteiger partial charge in [-0.25, -0.2) is 9.78 Å². The average Bonchev–Trinajstić information content (AvgIpc) is 2.72. The number of carbonyl (C=O) groups is 1. The summed E-state index contributed by atoms with van der Waals surface area (Å²) in [6.45, 7) is -1.24. The van der Waals surface area contributed by atoms with E-state index in [-0.39, 0.29) is 23.0 Å². The van der Waals surface area contributed by atoms with E-state index in [1.807, 2.05) is 0 Å². The summed E-state index contributed by atoms with van der Waals surface area (Å²) < 4.78 is 42.2. The molecule has 0 aliphatic carbocycles. The lowest BCUT2D eigenvalue weighted by molar-refractivity contribution is -0.154. The maximum Gasteiger partial charge on any atom is 0.422 e. The van der Waals surface area contributed by atoms with Crippen molar-refractivity contribution >= 4 is 35.0 Å². The van der Waals surface area contributed by atoms with Crippen LogP contribution in [0.5, 0.6) is 6.01 Å². The Morgan fingerprint density at radius 3 is 2.39 bits per heavy atom. The van der Waals surface area contributed by atoms with Crippen LogP contribution < -0.4 is 15.4 Å². The van der Waals surface area contributed by atoms with E-state index >= 15 is 0 Å². The van der Waals surface area contributed by atoms with Crippen molar-refractivity contribution in [2.24, 2.45) is 0 Å². The number of aromatic nitrogens is 3. The molecule has 0 aliphatic heterocycles. The molecule has 3 N–H and O–H groups in total. The van der Waals surface area contributed by atoms with E-state index in [2.05, 4.69) is 30.3 Å². The van der Waals surface area contributed by atoms with E-state index < -0.39 is 24.8 Å². The van der Waals surface area contributed by atoms with Crippen molar-refractivity contribution < 1.29 is 27.8 Å². The predicted molar refractivity (Wildman–Crippen MR) is 107 cm³/mol. The van der Waals surface area contributed by atoms with Crippen LogP contribution in [0, 0.1) is 0 Å². The van der Waals surface area contributed by atoms with Crippen LogP contribution in [0.15, 0.2) is 48.7 Å². The minimum atomic E-state index is -4.56. The molecule has 0 atom stereocenters. The summed E-state index contributed by atoms with van der Waals surface area (Å²) in [5.41, 5.74) is 0.842. The standard InChI is InChI=1S/C19H15ClF3N5O3/c20-13-4-1-11(2-5-13)8-24-15-7-16(28-18(27-15)31-10-19(21,22)23)26-14-6-3-12(9-25-14)17(29)30/h1-7,9H,8,10H2,(H,29,30)(H2,24,25,26,27,28).